The lowest BCUT2D eigenvalue weighted by Crippen LogP contribution is -2.44. The normalized spacial score (nSPS) is 15.3. The first-order valence-corrected chi connectivity index (χ1v) is 7.13. The number of ether oxygens (including phenoxy) is 1. The first-order valence-electron chi connectivity index (χ1n) is 6.38. The minimum absolute atomic E-state index is 0.0136. The van der Waals surface area contributed by atoms with Crippen LogP contribution >= 0.6 is 23.2 Å². The summed E-state index contributed by atoms with van der Waals surface area (Å²) >= 11 is 11.8. The third-order valence-electron chi connectivity index (χ3n) is 3.08. The van der Waals surface area contributed by atoms with Gasteiger partial charge in [-0.05, 0) is 38.0 Å². The maximum absolute atomic E-state index is 12.0. The largest absolute Gasteiger partial charge is 0.479 e. The van der Waals surface area contributed by atoms with E-state index in [1.807, 2.05) is 13.8 Å². The van der Waals surface area contributed by atoms with Crippen LogP contribution in [0.4, 0.5) is 0 Å². The summed E-state index contributed by atoms with van der Waals surface area (Å²) in [5.41, 5.74) is 0. The summed E-state index contributed by atoms with van der Waals surface area (Å²) in [4.78, 5) is 12.0. The molecule has 0 spiro atoms. The van der Waals surface area contributed by atoms with E-state index in [0.717, 1.165) is 0 Å². The molecule has 0 saturated carbocycles. The summed E-state index contributed by atoms with van der Waals surface area (Å²) in [6.45, 7) is 5.34. The molecule has 0 saturated heterocycles. The molecule has 1 aromatic rings. The molecule has 3 atom stereocenters. The standard InChI is InChI=1S/C14H19Cl2NO3/c1-8(7-18)9(2)17-14(19)10(3)20-13-5-4-11(15)6-12(13)16/h4-6,8-10,18H,7H2,1-3H3,(H,17,19). The molecule has 0 bridgehead atoms. The molecule has 3 unspecified atom stereocenters. The van der Waals surface area contributed by atoms with Crippen molar-refractivity contribution in [1.29, 1.82) is 0 Å². The lowest BCUT2D eigenvalue weighted by atomic mass is 10.1. The maximum Gasteiger partial charge on any atom is 0.260 e. The van der Waals surface area contributed by atoms with Crippen molar-refractivity contribution in [2.24, 2.45) is 5.92 Å². The van der Waals surface area contributed by atoms with Crippen molar-refractivity contribution in [3.05, 3.63) is 28.2 Å². The van der Waals surface area contributed by atoms with E-state index in [0.29, 0.717) is 15.8 Å². The molecule has 0 radical (unpaired) electrons. The smallest absolute Gasteiger partial charge is 0.260 e. The van der Waals surface area contributed by atoms with E-state index in [4.69, 9.17) is 33.0 Å². The number of nitrogens with one attached hydrogen (secondary N) is 1. The number of hydrogen-bond acceptors (Lipinski definition) is 3. The Morgan fingerprint density at radius 2 is 2.00 bits per heavy atom. The minimum Gasteiger partial charge on any atom is -0.479 e. The third kappa shape index (κ3) is 4.85. The average molecular weight is 320 g/mol. The van der Waals surface area contributed by atoms with E-state index < -0.39 is 6.10 Å². The van der Waals surface area contributed by atoms with Gasteiger partial charge in [-0.1, -0.05) is 30.1 Å². The van der Waals surface area contributed by atoms with E-state index in [9.17, 15) is 4.79 Å². The Morgan fingerprint density at radius 3 is 2.55 bits per heavy atom. The van der Waals surface area contributed by atoms with E-state index >= 15 is 0 Å². The molecule has 0 aliphatic rings. The number of halogens is 2. The molecule has 0 aromatic heterocycles. The highest BCUT2D eigenvalue weighted by Gasteiger charge is 2.20. The summed E-state index contributed by atoms with van der Waals surface area (Å²) in [6.07, 6.45) is -0.693. The van der Waals surface area contributed by atoms with Gasteiger partial charge in [-0.2, -0.15) is 0 Å². The van der Waals surface area contributed by atoms with Crippen LogP contribution in [0.25, 0.3) is 0 Å². The second-order valence-electron chi connectivity index (χ2n) is 4.79. The van der Waals surface area contributed by atoms with Gasteiger partial charge < -0.3 is 15.2 Å². The van der Waals surface area contributed by atoms with Gasteiger partial charge in [0.05, 0.1) is 5.02 Å². The van der Waals surface area contributed by atoms with Gasteiger partial charge in [0.15, 0.2) is 6.10 Å². The van der Waals surface area contributed by atoms with Crippen LogP contribution in [-0.2, 0) is 4.79 Å². The number of carbonyl (C=O) groups excluding carboxylic acids is 1. The van der Waals surface area contributed by atoms with Crippen LogP contribution in [0.1, 0.15) is 20.8 Å². The van der Waals surface area contributed by atoms with Crippen LogP contribution in [0.3, 0.4) is 0 Å². The zero-order valence-corrected chi connectivity index (χ0v) is 13.2. The van der Waals surface area contributed by atoms with Crippen LogP contribution in [0.15, 0.2) is 18.2 Å². The fourth-order valence-electron chi connectivity index (χ4n) is 1.46. The second-order valence-corrected chi connectivity index (χ2v) is 5.64. The highest BCUT2D eigenvalue weighted by Crippen LogP contribution is 2.28. The Hall–Kier alpha value is -0.970. The monoisotopic (exact) mass is 319 g/mol. The highest BCUT2D eigenvalue weighted by atomic mass is 35.5. The number of benzene rings is 1. The zero-order valence-electron chi connectivity index (χ0n) is 11.7. The molecule has 2 N–H and O–H groups in total. The van der Waals surface area contributed by atoms with E-state index in [-0.39, 0.29) is 24.5 Å². The Morgan fingerprint density at radius 1 is 1.35 bits per heavy atom. The summed E-state index contributed by atoms with van der Waals surface area (Å²) < 4.78 is 5.51. The molecule has 0 heterocycles. The molecule has 1 amide bonds. The second kappa shape index (κ2) is 7.72. The fourth-order valence-corrected chi connectivity index (χ4v) is 1.91. The van der Waals surface area contributed by atoms with Gasteiger partial charge >= 0.3 is 0 Å². The minimum atomic E-state index is -0.693. The lowest BCUT2D eigenvalue weighted by Gasteiger charge is -2.22. The van der Waals surface area contributed by atoms with Crippen molar-refractivity contribution in [3.8, 4) is 5.75 Å². The lowest BCUT2D eigenvalue weighted by molar-refractivity contribution is -0.128. The summed E-state index contributed by atoms with van der Waals surface area (Å²) in [5.74, 6) is 0.121. The van der Waals surface area contributed by atoms with E-state index in [2.05, 4.69) is 5.32 Å². The predicted octanol–water partition coefficient (Wildman–Crippen LogP) is 2.89. The molecule has 0 aliphatic carbocycles. The van der Waals surface area contributed by atoms with Crippen molar-refractivity contribution < 1.29 is 14.6 Å². The molecule has 20 heavy (non-hydrogen) atoms. The molecular formula is C14H19Cl2NO3. The SMILES string of the molecule is CC(Oc1ccc(Cl)cc1Cl)C(=O)NC(C)C(C)CO. The Balaban J connectivity index is 2.61. The van der Waals surface area contributed by atoms with Gasteiger partial charge in [-0.15, -0.1) is 0 Å². The van der Waals surface area contributed by atoms with Crippen molar-refractivity contribution in [1.82, 2.24) is 5.32 Å². The van der Waals surface area contributed by atoms with Gasteiger partial charge in [0, 0.05) is 17.7 Å². The Kier molecular flexibility index (Phi) is 6.59. The Bertz CT molecular complexity index is 468. The molecular weight excluding hydrogens is 301 g/mol. The van der Waals surface area contributed by atoms with E-state index in [1.54, 1.807) is 25.1 Å². The molecule has 1 aromatic carbocycles. The quantitative estimate of drug-likeness (QED) is 0.847. The van der Waals surface area contributed by atoms with Gasteiger partial charge in [-0.25, -0.2) is 0 Å². The number of aliphatic hydroxyl groups excluding tert-OH is 1. The van der Waals surface area contributed by atoms with Crippen molar-refractivity contribution in [2.45, 2.75) is 32.9 Å². The van der Waals surface area contributed by atoms with Gasteiger partial charge in [0.2, 0.25) is 0 Å². The summed E-state index contributed by atoms with van der Waals surface area (Å²) in [5, 5.41) is 12.7. The Labute approximate surface area is 129 Å². The van der Waals surface area contributed by atoms with Gasteiger partial charge in [0.25, 0.3) is 5.91 Å². The molecule has 4 nitrogen and oxygen atoms in total. The maximum atomic E-state index is 12.0. The number of amides is 1. The van der Waals surface area contributed by atoms with Crippen LogP contribution in [0.5, 0.6) is 5.75 Å². The van der Waals surface area contributed by atoms with Crippen molar-refractivity contribution >= 4 is 29.1 Å². The zero-order chi connectivity index (χ0) is 15.3. The summed E-state index contributed by atoms with van der Waals surface area (Å²) in [6, 6.07) is 4.68. The van der Waals surface area contributed by atoms with Gasteiger partial charge in [-0.3, -0.25) is 4.79 Å². The average Bonchev–Trinajstić information content (AvgIpc) is 2.40. The number of carbonyl (C=O) groups is 1. The first-order chi connectivity index (χ1) is 9.35. The number of aliphatic hydroxyl groups is 1. The van der Waals surface area contributed by atoms with Crippen LogP contribution < -0.4 is 10.1 Å². The fraction of sp³-hybridized carbons (Fsp3) is 0.500. The van der Waals surface area contributed by atoms with Crippen molar-refractivity contribution in [2.75, 3.05) is 6.61 Å². The molecule has 112 valence electrons. The highest BCUT2D eigenvalue weighted by molar-refractivity contribution is 6.35. The number of hydrogen-bond donors (Lipinski definition) is 2. The van der Waals surface area contributed by atoms with Gasteiger partial charge in [0.1, 0.15) is 5.75 Å². The first kappa shape index (κ1) is 17.1. The van der Waals surface area contributed by atoms with Crippen LogP contribution in [0, 0.1) is 5.92 Å². The van der Waals surface area contributed by atoms with E-state index in [1.165, 1.54) is 0 Å². The summed E-state index contributed by atoms with van der Waals surface area (Å²) in [7, 11) is 0. The third-order valence-corrected chi connectivity index (χ3v) is 3.61. The topological polar surface area (TPSA) is 58.6 Å². The van der Waals surface area contributed by atoms with Crippen molar-refractivity contribution in [3.63, 3.8) is 0 Å². The van der Waals surface area contributed by atoms with Crippen LogP contribution in [-0.4, -0.2) is 29.8 Å². The molecule has 6 heteroatoms. The molecule has 0 fully saturated rings. The molecule has 0 aliphatic heterocycles. The predicted molar refractivity (Wildman–Crippen MR) is 80.4 cm³/mol. The number of rotatable bonds is 6. The van der Waals surface area contributed by atoms with Crippen LogP contribution in [0.2, 0.25) is 10.0 Å². The molecule has 1 rings (SSSR count).